The van der Waals surface area contributed by atoms with Gasteiger partial charge >= 0.3 is 0 Å². The van der Waals surface area contributed by atoms with Crippen LogP contribution in [0, 0.1) is 34.5 Å². The zero-order valence-corrected chi connectivity index (χ0v) is 15.5. The molecular weight excluding hydrogens is 300 g/mol. The average molecular weight is 335 g/mol. The number of fused-ring (bicyclic) bond motifs is 5. The topological polar surface area (TPSA) is 60.7 Å². The van der Waals surface area contributed by atoms with Crippen LogP contribution in [0.3, 0.4) is 0 Å². The molecule has 3 heteroatoms. The molecule has 136 valence electrons. The van der Waals surface area contributed by atoms with Crippen LogP contribution < -0.4 is 0 Å². The van der Waals surface area contributed by atoms with E-state index in [0.717, 1.165) is 44.9 Å². The maximum atomic E-state index is 10.6. The van der Waals surface area contributed by atoms with Crippen LogP contribution in [0.15, 0.2) is 11.1 Å². The standard InChI is InChI=1S/C21H34O3/c1-12-8-15-16-4-5-19(24)20(16,3)7-6-17(15)21(11-22)13(2)9-14(23)10-18(12)21/h13-17,19,22-24H,4-11H2,1-3H3/t13-,14+,15+,16+,17+,19+,20+,21-/m1/s1. The fourth-order valence-electron chi connectivity index (χ4n) is 7.62. The van der Waals surface area contributed by atoms with Crippen molar-refractivity contribution in [3.63, 3.8) is 0 Å². The van der Waals surface area contributed by atoms with Gasteiger partial charge in [0.25, 0.3) is 0 Å². The first kappa shape index (κ1) is 17.1. The summed E-state index contributed by atoms with van der Waals surface area (Å²) < 4.78 is 0. The van der Waals surface area contributed by atoms with E-state index in [2.05, 4.69) is 20.8 Å². The normalized spacial score (nSPS) is 54.2. The first-order valence-electron chi connectivity index (χ1n) is 10.0. The van der Waals surface area contributed by atoms with Crippen molar-refractivity contribution in [3.05, 3.63) is 11.1 Å². The van der Waals surface area contributed by atoms with Crippen LogP contribution in [-0.2, 0) is 0 Å². The molecule has 3 fully saturated rings. The fourth-order valence-corrected chi connectivity index (χ4v) is 7.62. The van der Waals surface area contributed by atoms with Crippen LogP contribution in [0.2, 0.25) is 0 Å². The van der Waals surface area contributed by atoms with Gasteiger partial charge in [0.15, 0.2) is 0 Å². The molecule has 24 heavy (non-hydrogen) atoms. The minimum Gasteiger partial charge on any atom is -0.395 e. The number of hydrogen-bond donors (Lipinski definition) is 3. The third-order valence-electron chi connectivity index (χ3n) is 8.87. The van der Waals surface area contributed by atoms with Gasteiger partial charge in [0.2, 0.25) is 0 Å². The second kappa shape index (κ2) is 5.56. The summed E-state index contributed by atoms with van der Waals surface area (Å²) in [6.45, 7) is 7.00. The van der Waals surface area contributed by atoms with Crippen molar-refractivity contribution in [3.8, 4) is 0 Å². The number of allylic oxidation sites excluding steroid dienone is 1. The van der Waals surface area contributed by atoms with E-state index in [-0.39, 0.29) is 29.6 Å². The lowest BCUT2D eigenvalue weighted by Gasteiger charge is -2.61. The Labute approximate surface area is 146 Å². The third kappa shape index (κ3) is 2.01. The zero-order valence-electron chi connectivity index (χ0n) is 15.5. The van der Waals surface area contributed by atoms with E-state index in [1.165, 1.54) is 11.1 Å². The first-order valence-corrected chi connectivity index (χ1v) is 10.0. The highest BCUT2D eigenvalue weighted by atomic mass is 16.3. The van der Waals surface area contributed by atoms with Gasteiger partial charge in [0.1, 0.15) is 0 Å². The summed E-state index contributed by atoms with van der Waals surface area (Å²) in [4.78, 5) is 0. The Morgan fingerprint density at radius 1 is 1.08 bits per heavy atom. The van der Waals surface area contributed by atoms with Gasteiger partial charge in [0, 0.05) is 5.41 Å². The quantitative estimate of drug-likeness (QED) is 0.645. The number of aliphatic hydroxyl groups excluding tert-OH is 3. The van der Waals surface area contributed by atoms with Crippen molar-refractivity contribution in [2.45, 2.75) is 77.9 Å². The molecule has 0 aromatic carbocycles. The van der Waals surface area contributed by atoms with Crippen LogP contribution in [0.4, 0.5) is 0 Å². The summed E-state index contributed by atoms with van der Waals surface area (Å²) >= 11 is 0. The van der Waals surface area contributed by atoms with Gasteiger partial charge in [-0.05, 0) is 81.0 Å². The lowest BCUT2D eigenvalue weighted by atomic mass is 9.44. The van der Waals surface area contributed by atoms with E-state index in [1.54, 1.807) is 0 Å². The summed E-state index contributed by atoms with van der Waals surface area (Å²) in [5.41, 5.74) is 2.75. The zero-order chi connectivity index (χ0) is 17.3. The van der Waals surface area contributed by atoms with Crippen molar-refractivity contribution in [2.75, 3.05) is 6.61 Å². The Morgan fingerprint density at radius 2 is 1.83 bits per heavy atom. The highest BCUT2D eigenvalue weighted by Crippen LogP contribution is 2.66. The molecule has 0 aromatic rings. The number of rotatable bonds is 1. The van der Waals surface area contributed by atoms with Crippen LogP contribution in [-0.4, -0.2) is 34.1 Å². The average Bonchev–Trinajstić information content (AvgIpc) is 2.84. The van der Waals surface area contributed by atoms with E-state index in [9.17, 15) is 15.3 Å². The molecule has 4 aliphatic rings. The number of hydrogen-bond acceptors (Lipinski definition) is 3. The third-order valence-corrected chi connectivity index (χ3v) is 8.87. The Kier molecular flexibility index (Phi) is 3.95. The Balaban J connectivity index is 1.79. The van der Waals surface area contributed by atoms with Crippen LogP contribution >= 0.6 is 0 Å². The van der Waals surface area contributed by atoms with E-state index in [4.69, 9.17) is 0 Å². The molecule has 0 radical (unpaired) electrons. The van der Waals surface area contributed by atoms with Crippen molar-refractivity contribution in [2.24, 2.45) is 34.5 Å². The van der Waals surface area contributed by atoms with Gasteiger partial charge < -0.3 is 15.3 Å². The van der Waals surface area contributed by atoms with Crippen molar-refractivity contribution in [1.29, 1.82) is 0 Å². The van der Waals surface area contributed by atoms with E-state index >= 15 is 0 Å². The van der Waals surface area contributed by atoms with Gasteiger partial charge in [-0.3, -0.25) is 0 Å². The largest absolute Gasteiger partial charge is 0.395 e. The van der Waals surface area contributed by atoms with Gasteiger partial charge in [-0.15, -0.1) is 0 Å². The van der Waals surface area contributed by atoms with Crippen molar-refractivity contribution >= 4 is 0 Å². The molecule has 4 rings (SSSR count). The molecular formula is C21H34O3. The molecule has 0 unspecified atom stereocenters. The van der Waals surface area contributed by atoms with Crippen LogP contribution in [0.25, 0.3) is 0 Å². The smallest absolute Gasteiger partial charge is 0.0596 e. The SMILES string of the molecule is CC1=C2C[C@@H](O)C[C@@H](C)[C@]2(CO)[C@H]2CC[C@]3(C)[C@@H](O)CC[C@H]3[C@@H]2C1. The maximum absolute atomic E-state index is 10.6. The summed E-state index contributed by atoms with van der Waals surface area (Å²) in [6.07, 6.45) is 6.56. The van der Waals surface area contributed by atoms with Gasteiger partial charge in [0.05, 0.1) is 18.8 Å². The fraction of sp³-hybridized carbons (Fsp3) is 0.905. The number of aliphatic hydroxyl groups is 3. The molecule has 8 atom stereocenters. The highest BCUT2D eigenvalue weighted by molar-refractivity contribution is 5.32. The van der Waals surface area contributed by atoms with Gasteiger partial charge in [-0.25, -0.2) is 0 Å². The molecule has 0 saturated heterocycles. The summed E-state index contributed by atoms with van der Waals surface area (Å²) in [7, 11) is 0. The molecule has 0 amide bonds. The van der Waals surface area contributed by atoms with Crippen molar-refractivity contribution < 1.29 is 15.3 Å². The first-order chi connectivity index (χ1) is 11.3. The Morgan fingerprint density at radius 3 is 2.54 bits per heavy atom. The predicted molar refractivity (Wildman–Crippen MR) is 94.3 cm³/mol. The molecule has 0 aliphatic heterocycles. The van der Waals surface area contributed by atoms with Gasteiger partial charge in [-0.2, -0.15) is 0 Å². The second-order valence-corrected chi connectivity index (χ2v) is 9.67. The minimum atomic E-state index is -0.247. The van der Waals surface area contributed by atoms with Crippen LogP contribution in [0.1, 0.15) is 65.7 Å². The van der Waals surface area contributed by atoms with E-state index in [1.807, 2.05) is 0 Å². The van der Waals surface area contributed by atoms with Crippen molar-refractivity contribution in [1.82, 2.24) is 0 Å². The minimum absolute atomic E-state index is 0.0764. The van der Waals surface area contributed by atoms with E-state index < -0.39 is 0 Å². The maximum Gasteiger partial charge on any atom is 0.0596 e. The summed E-state index contributed by atoms with van der Waals surface area (Å²) in [5, 5.41) is 31.5. The van der Waals surface area contributed by atoms with E-state index in [0.29, 0.717) is 23.7 Å². The van der Waals surface area contributed by atoms with Gasteiger partial charge in [-0.1, -0.05) is 25.0 Å². The summed E-state index contributed by atoms with van der Waals surface area (Å²) in [6, 6.07) is 0. The molecule has 0 bridgehead atoms. The molecule has 0 heterocycles. The monoisotopic (exact) mass is 334 g/mol. The molecule has 3 N–H and O–H groups in total. The molecule has 0 spiro atoms. The highest BCUT2D eigenvalue weighted by Gasteiger charge is 2.61. The lowest BCUT2D eigenvalue weighted by molar-refractivity contribution is -0.109. The Hall–Kier alpha value is -0.380. The molecule has 3 nitrogen and oxygen atoms in total. The molecule has 4 aliphatic carbocycles. The Bertz CT molecular complexity index is 555. The summed E-state index contributed by atoms with van der Waals surface area (Å²) in [5.74, 6) is 2.03. The predicted octanol–water partition coefficient (Wildman–Crippen LogP) is 3.28. The lowest BCUT2D eigenvalue weighted by Crippen LogP contribution is -2.57. The molecule has 0 aromatic heterocycles. The molecule has 3 saturated carbocycles. The second-order valence-electron chi connectivity index (χ2n) is 9.67. The van der Waals surface area contributed by atoms with Crippen LogP contribution in [0.5, 0.6) is 0 Å².